The molecule has 2 aliphatic heterocycles. The number of carbonyl (C=O) groups is 2. The molecule has 0 atom stereocenters. The van der Waals surface area contributed by atoms with Gasteiger partial charge in [-0.2, -0.15) is 12.7 Å². The van der Waals surface area contributed by atoms with Crippen molar-refractivity contribution in [3.05, 3.63) is 65.0 Å². The van der Waals surface area contributed by atoms with Crippen LogP contribution in [0, 0.1) is 5.82 Å². The highest BCUT2D eigenvalue weighted by molar-refractivity contribution is 7.87. The van der Waals surface area contributed by atoms with Crippen molar-refractivity contribution in [1.29, 1.82) is 0 Å². The van der Waals surface area contributed by atoms with E-state index >= 15 is 0 Å². The number of amides is 3. The van der Waals surface area contributed by atoms with Gasteiger partial charge >= 0.3 is 22.3 Å². The number of urea groups is 1. The average molecular weight is 477 g/mol. The van der Waals surface area contributed by atoms with Gasteiger partial charge in [0, 0.05) is 31.9 Å². The third kappa shape index (κ3) is 5.25. The number of hydrogen-bond donors (Lipinski definition) is 2. The lowest BCUT2D eigenvalue weighted by molar-refractivity contribution is 0.176. The minimum Gasteiger partial charge on any atom is -0.452 e. The van der Waals surface area contributed by atoms with E-state index in [0.717, 1.165) is 23.8 Å². The Morgan fingerprint density at radius 3 is 2.36 bits per heavy atom. The number of methoxy groups -OCH3 is 1. The molecule has 1 fully saturated rings. The van der Waals surface area contributed by atoms with Gasteiger partial charge in [0.25, 0.3) is 0 Å². The normalized spacial score (nSPS) is 16.8. The molecule has 9 nitrogen and oxygen atoms in total. The molecule has 2 heterocycles. The zero-order valence-corrected chi connectivity index (χ0v) is 18.9. The third-order valence-corrected chi connectivity index (χ3v) is 7.47. The summed E-state index contributed by atoms with van der Waals surface area (Å²) in [6.07, 6.45) is 0.201. The van der Waals surface area contributed by atoms with Crippen LogP contribution in [0.4, 0.5) is 19.7 Å². The molecule has 0 radical (unpaired) electrons. The number of ether oxygens (including phenoxy) is 1. The van der Waals surface area contributed by atoms with Gasteiger partial charge in [-0.15, -0.1) is 0 Å². The molecule has 0 bridgehead atoms. The van der Waals surface area contributed by atoms with E-state index in [1.54, 1.807) is 11.0 Å². The predicted octanol–water partition coefficient (Wildman–Crippen LogP) is 3.15. The van der Waals surface area contributed by atoms with E-state index in [4.69, 9.17) is 0 Å². The van der Waals surface area contributed by atoms with Crippen LogP contribution in [0.1, 0.15) is 35.4 Å². The van der Waals surface area contributed by atoms with E-state index in [9.17, 15) is 22.4 Å². The van der Waals surface area contributed by atoms with Crippen molar-refractivity contribution in [3.63, 3.8) is 0 Å². The van der Waals surface area contributed by atoms with Crippen molar-refractivity contribution in [2.45, 2.75) is 31.8 Å². The number of piperidine rings is 1. The molecule has 1 saturated heterocycles. The minimum absolute atomic E-state index is 0.169. The standard InChI is InChI=1S/C22H25FN4O5S/c1-32-22(29)25-33(30,31)27-10-8-16(9-11-27)15-3-6-20(7-4-15)24-21(28)26-13-17-2-5-19(23)12-18(17)14-26/h2-7,12,16H,8-11,13-14H2,1H3,(H,24,28)(H,25,29). The van der Waals surface area contributed by atoms with Crippen molar-refractivity contribution in [3.8, 4) is 0 Å². The fourth-order valence-corrected chi connectivity index (χ4v) is 5.30. The number of benzene rings is 2. The topological polar surface area (TPSA) is 108 Å². The summed E-state index contributed by atoms with van der Waals surface area (Å²) in [5.41, 5.74) is 3.45. The Morgan fingerprint density at radius 1 is 1.03 bits per heavy atom. The van der Waals surface area contributed by atoms with E-state index < -0.39 is 16.3 Å². The summed E-state index contributed by atoms with van der Waals surface area (Å²) < 4.78 is 45.2. The van der Waals surface area contributed by atoms with Gasteiger partial charge in [0.2, 0.25) is 0 Å². The summed E-state index contributed by atoms with van der Waals surface area (Å²) in [6, 6.07) is 11.8. The van der Waals surface area contributed by atoms with Gasteiger partial charge in [-0.25, -0.2) is 18.7 Å². The summed E-state index contributed by atoms with van der Waals surface area (Å²) in [5.74, 6) is -0.142. The van der Waals surface area contributed by atoms with Crippen molar-refractivity contribution in [1.82, 2.24) is 13.9 Å². The Morgan fingerprint density at radius 2 is 1.70 bits per heavy atom. The number of rotatable bonds is 4. The molecule has 0 aromatic heterocycles. The molecule has 0 aliphatic carbocycles. The molecule has 4 rings (SSSR count). The molecule has 0 saturated carbocycles. The molecule has 2 N–H and O–H groups in total. The van der Waals surface area contributed by atoms with Crippen LogP contribution in [-0.4, -0.2) is 49.9 Å². The van der Waals surface area contributed by atoms with Crippen LogP contribution >= 0.6 is 0 Å². The van der Waals surface area contributed by atoms with Gasteiger partial charge in [0.15, 0.2) is 0 Å². The largest absolute Gasteiger partial charge is 0.452 e. The van der Waals surface area contributed by atoms with Crippen LogP contribution in [-0.2, 0) is 28.0 Å². The molecule has 2 aromatic rings. The summed E-state index contributed by atoms with van der Waals surface area (Å²) in [7, 11) is -2.81. The SMILES string of the molecule is COC(=O)NS(=O)(=O)N1CCC(c2ccc(NC(=O)N3Cc4ccc(F)cc4C3)cc2)CC1. The number of anilines is 1. The van der Waals surface area contributed by atoms with Gasteiger partial charge in [0.1, 0.15) is 5.82 Å². The molecule has 11 heteroatoms. The van der Waals surface area contributed by atoms with Crippen LogP contribution in [0.25, 0.3) is 0 Å². The molecular weight excluding hydrogens is 451 g/mol. The van der Waals surface area contributed by atoms with E-state index in [1.165, 1.54) is 16.4 Å². The number of nitrogens with zero attached hydrogens (tertiary/aromatic N) is 2. The Kier molecular flexibility index (Phi) is 6.52. The molecule has 2 aromatic carbocycles. The van der Waals surface area contributed by atoms with Crippen LogP contribution in [0.15, 0.2) is 42.5 Å². The van der Waals surface area contributed by atoms with Gasteiger partial charge in [0.05, 0.1) is 7.11 Å². The number of fused-ring (bicyclic) bond motifs is 1. The molecule has 2 aliphatic rings. The highest BCUT2D eigenvalue weighted by Crippen LogP contribution is 2.30. The predicted molar refractivity (Wildman–Crippen MR) is 119 cm³/mol. The second-order valence-electron chi connectivity index (χ2n) is 8.09. The van der Waals surface area contributed by atoms with Crippen molar-refractivity contribution < 1.29 is 27.1 Å². The van der Waals surface area contributed by atoms with Crippen molar-refractivity contribution in [2.24, 2.45) is 0 Å². The maximum Gasteiger partial charge on any atom is 0.421 e. The maximum absolute atomic E-state index is 13.4. The summed E-state index contributed by atoms with van der Waals surface area (Å²) in [5, 5.41) is 2.87. The van der Waals surface area contributed by atoms with Crippen LogP contribution in [0.5, 0.6) is 0 Å². The number of nitrogens with one attached hydrogen (secondary N) is 2. The lowest BCUT2D eigenvalue weighted by Crippen LogP contribution is -2.46. The summed E-state index contributed by atoms with van der Waals surface area (Å²) >= 11 is 0. The molecule has 33 heavy (non-hydrogen) atoms. The quantitative estimate of drug-likeness (QED) is 0.705. The van der Waals surface area contributed by atoms with Crippen LogP contribution in [0.2, 0.25) is 0 Å². The lowest BCUT2D eigenvalue weighted by atomic mass is 9.90. The number of hydrogen-bond acceptors (Lipinski definition) is 5. The minimum atomic E-state index is -3.92. The zero-order chi connectivity index (χ0) is 23.6. The lowest BCUT2D eigenvalue weighted by Gasteiger charge is -2.31. The molecular formula is C22H25FN4O5S. The van der Waals surface area contributed by atoms with Crippen LogP contribution < -0.4 is 10.0 Å². The van der Waals surface area contributed by atoms with Gasteiger partial charge in [-0.1, -0.05) is 18.2 Å². The number of carbonyl (C=O) groups excluding carboxylic acids is 2. The maximum atomic E-state index is 13.4. The van der Waals surface area contributed by atoms with E-state index in [0.29, 0.717) is 31.6 Å². The first-order chi connectivity index (χ1) is 15.7. The monoisotopic (exact) mass is 476 g/mol. The van der Waals surface area contributed by atoms with Gasteiger partial charge < -0.3 is 15.0 Å². The third-order valence-electron chi connectivity index (χ3n) is 6.00. The van der Waals surface area contributed by atoms with E-state index in [-0.39, 0.29) is 30.9 Å². The number of halogens is 1. The fourth-order valence-electron chi connectivity index (χ4n) is 4.19. The van der Waals surface area contributed by atoms with Crippen LogP contribution in [0.3, 0.4) is 0 Å². The molecule has 3 amide bonds. The highest BCUT2D eigenvalue weighted by atomic mass is 32.2. The fraction of sp³-hybridized carbons (Fsp3) is 0.364. The van der Waals surface area contributed by atoms with E-state index in [2.05, 4.69) is 10.1 Å². The van der Waals surface area contributed by atoms with Crippen molar-refractivity contribution >= 4 is 28.0 Å². The Hall–Kier alpha value is -3.18. The average Bonchev–Trinajstić information content (AvgIpc) is 3.23. The second kappa shape index (κ2) is 9.36. The first kappa shape index (κ1) is 23.0. The van der Waals surface area contributed by atoms with Crippen molar-refractivity contribution in [2.75, 3.05) is 25.5 Å². The Labute approximate surface area is 191 Å². The highest BCUT2D eigenvalue weighted by Gasteiger charge is 2.30. The molecule has 176 valence electrons. The van der Waals surface area contributed by atoms with E-state index in [1.807, 2.05) is 29.0 Å². The summed E-state index contributed by atoms with van der Waals surface area (Å²) in [4.78, 5) is 25.5. The Bertz CT molecular complexity index is 1150. The van der Waals surface area contributed by atoms with Gasteiger partial charge in [-0.05, 0) is 59.7 Å². The van der Waals surface area contributed by atoms with Gasteiger partial charge in [-0.3, -0.25) is 0 Å². The molecule has 0 unspecified atom stereocenters. The molecule has 0 spiro atoms. The zero-order valence-electron chi connectivity index (χ0n) is 18.1. The first-order valence-electron chi connectivity index (χ1n) is 10.5. The smallest absolute Gasteiger partial charge is 0.421 e. The first-order valence-corrected chi connectivity index (χ1v) is 12.0. The second-order valence-corrected chi connectivity index (χ2v) is 9.76. The summed E-state index contributed by atoms with van der Waals surface area (Å²) in [6.45, 7) is 1.37. The Balaban J connectivity index is 1.30.